The zero-order chi connectivity index (χ0) is 18.9. The van der Waals surface area contributed by atoms with Gasteiger partial charge in [-0.25, -0.2) is 0 Å². The van der Waals surface area contributed by atoms with Crippen molar-refractivity contribution in [3.63, 3.8) is 0 Å². The number of benzene rings is 1. The van der Waals surface area contributed by atoms with Gasteiger partial charge in [-0.2, -0.15) is 13.2 Å². The number of nitrogens with zero attached hydrogens (tertiary/aromatic N) is 2. The van der Waals surface area contributed by atoms with Gasteiger partial charge in [0.15, 0.2) is 0 Å². The van der Waals surface area contributed by atoms with Gasteiger partial charge >= 0.3 is 6.18 Å². The monoisotopic (exact) mass is 375 g/mol. The highest BCUT2D eigenvalue weighted by atomic mass is 19.4. The summed E-state index contributed by atoms with van der Waals surface area (Å²) >= 11 is 0. The molecule has 4 rings (SSSR count). The van der Waals surface area contributed by atoms with Crippen LogP contribution in [-0.4, -0.2) is 24.1 Å². The van der Waals surface area contributed by atoms with Gasteiger partial charge in [0, 0.05) is 17.9 Å². The minimum absolute atomic E-state index is 0.256. The second-order valence-corrected chi connectivity index (χ2v) is 7.46. The fourth-order valence-corrected chi connectivity index (χ4v) is 4.09. The molecule has 6 heteroatoms. The smallest absolute Gasteiger partial charge is 0.337 e. The molecule has 1 aromatic carbocycles. The van der Waals surface area contributed by atoms with E-state index in [1.807, 2.05) is 12.4 Å². The van der Waals surface area contributed by atoms with Crippen molar-refractivity contribution in [3.05, 3.63) is 53.9 Å². The van der Waals surface area contributed by atoms with Crippen LogP contribution in [-0.2, 0) is 6.18 Å². The van der Waals surface area contributed by atoms with E-state index in [1.54, 1.807) is 12.1 Å². The van der Waals surface area contributed by atoms with Crippen LogP contribution in [0.25, 0.3) is 0 Å². The SMILES string of the molecule is FC(F)(F)c1ccc(N(c2cnccc2C2CCC2)C2CCNCC2)cc1. The van der Waals surface area contributed by atoms with Crippen molar-refractivity contribution in [1.82, 2.24) is 10.3 Å². The Balaban J connectivity index is 1.74. The van der Waals surface area contributed by atoms with Gasteiger partial charge in [0.25, 0.3) is 0 Å². The standard InChI is InChI=1S/C21H24F3N3/c22-21(23,24)16-4-6-17(7-5-16)27(18-8-11-25-12-9-18)20-14-26-13-10-19(20)15-2-1-3-15/h4-7,10,13-15,18,25H,1-3,8-9,11-12H2. The Morgan fingerprint density at radius 3 is 2.26 bits per heavy atom. The van der Waals surface area contributed by atoms with Gasteiger partial charge in [0.05, 0.1) is 17.4 Å². The average molecular weight is 375 g/mol. The van der Waals surface area contributed by atoms with Gasteiger partial charge in [-0.05, 0) is 80.6 Å². The number of aromatic nitrogens is 1. The average Bonchev–Trinajstić information content (AvgIpc) is 2.63. The number of halogens is 3. The minimum Gasteiger partial charge on any atom is -0.337 e. The molecule has 2 heterocycles. The Bertz CT molecular complexity index is 763. The van der Waals surface area contributed by atoms with E-state index in [9.17, 15) is 13.2 Å². The van der Waals surface area contributed by atoms with Crippen molar-refractivity contribution >= 4 is 11.4 Å². The lowest BCUT2D eigenvalue weighted by molar-refractivity contribution is -0.137. The molecule has 3 nitrogen and oxygen atoms in total. The summed E-state index contributed by atoms with van der Waals surface area (Å²) in [7, 11) is 0. The molecule has 0 spiro atoms. The fraction of sp³-hybridized carbons (Fsp3) is 0.476. The lowest BCUT2D eigenvalue weighted by Crippen LogP contribution is -2.41. The Hall–Kier alpha value is -2.08. The number of piperidine rings is 1. The van der Waals surface area contributed by atoms with Gasteiger partial charge in [0.1, 0.15) is 0 Å². The summed E-state index contributed by atoms with van der Waals surface area (Å²) in [6.45, 7) is 1.83. The van der Waals surface area contributed by atoms with Crippen molar-refractivity contribution in [2.45, 2.75) is 50.2 Å². The molecule has 1 aliphatic carbocycles. The predicted molar refractivity (Wildman–Crippen MR) is 100 cm³/mol. The topological polar surface area (TPSA) is 28.2 Å². The molecule has 0 radical (unpaired) electrons. The molecule has 27 heavy (non-hydrogen) atoms. The first-order chi connectivity index (χ1) is 13.0. The van der Waals surface area contributed by atoms with Crippen molar-refractivity contribution in [2.75, 3.05) is 18.0 Å². The quantitative estimate of drug-likeness (QED) is 0.790. The lowest BCUT2D eigenvalue weighted by atomic mass is 9.79. The van der Waals surface area contributed by atoms with Gasteiger partial charge in [0.2, 0.25) is 0 Å². The summed E-state index contributed by atoms with van der Waals surface area (Å²) in [5, 5.41) is 3.37. The molecule has 1 aliphatic heterocycles. The van der Waals surface area contributed by atoms with E-state index in [0.717, 1.165) is 37.3 Å². The third-order valence-electron chi connectivity index (χ3n) is 5.78. The van der Waals surface area contributed by atoms with Crippen LogP contribution in [0.15, 0.2) is 42.7 Å². The molecule has 0 amide bonds. The molecule has 0 bridgehead atoms. The van der Waals surface area contributed by atoms with Crippen molar-refractivity contribution in [2.24, 2.45) is 0 Å². The van der Waals surface area contributed by atoms with Crippen molar-refractivity contribution < 1.29 is 13.2 Å². The van der Waals surface area contributed by atoms with Crippen LogP contribution in [0.5, 0.6) is 0 Å². The van der Waals surface area contributed by atoms with Gasteiger partial charge in [-0.1, -0.05) is 6.42 Å². The normalized spacial score (nSPS) is 18.9. The van der Waals surface area contributed by atoms with Gasteiger partial charge < -0.3 is 10.2 Å². The molecule has 144 valence electrons. The predicted octanol–water partition coefficient (Wildman–Crippen LogP) is 5.26. The zero-order valence-electron chi connectivity index (χ0n) is 15.2. The highest BCUT2D eigenvalue weighted by Gasteiger charge is 2.32. The van der Waals surface area contributed by atoms with Crippen LogP contribution >= 0.6 is 0 Å². The summed E-state index contributed by atoms with van der Waals surface area (Å²) < 4.78 is 39.0. The Morgan fingerprint density at radius 1 is 0.963 bits per heavy atom. The third-order valence-corrected chi connectivity index (χ3v) is 5.78. The van der Waals surface area contributed by atoms with E-state index in [1.165, 1.54) is 37.0 Å². The first-order valence-corrected chi connectivity index (χ1v) is 9.65. The second-order valence-electron chi connectivity index (χ2n) is 7.46. The Morgan fingerprint density at radius 2 is 1.67 bits per heavy atom. The highest BCUT2D eigenvalue weighted by Crippen LogP contribution is 2.43. The molecular weight excluding hydrogens is 351 g/mol. The first kappa shape index (κ1) is 18.3. The van der Waals surface area contributed by atoms with Gasteiger partial charge in [-0.3, -0.25) is 4.98 Å². The molecule has 2 aromatic rings. The van der Waals surface area contributed by atoms with Crippen LogP contribution in [0.1, 0.15) is 49.1 Å². The molecule has 1 saturated carbocycles. The number of pyridine rings is 1. The highest BCUT2D eigenvalue weighted by molar-refractivity contribution is 5.68. The molecule has 0 atom stereocenters. The lowest BCUT2D eigenvalue weighted by Gasteiger charge is -2.39. The van der Waals surface area contributed by atoms with Crippen molar-refractivity contribution in [3.8, 4) is 0 Å². The number of rotatable bonds is 4. The van der Waals surface area contributed by atoms with E-state index in [0.29, 0.717) is 5.92 Å². The van der Waals surface area contributed by atoms with E-state index >= 15 is 0 Å². The minimum atomic E-state index is -4.32. The van der Waals surface area contributed by atoms with Crippen LogP contribution in [0.4, 0.5) is 24.5 Å². The van der Waals surface area contributed by atoms with Crippen molar-refractivity contribution in [1.29, 1.82) is 0 Å². The number of hydrogen-bond donors (Lipinski definition) is 1. The number of alkyl halides is 3. The molecule has 1 N–H and O–H groups in total. The first-order valence-electron chi connectivity index (χ1n) is 9.65. The molecular formula is C21H24F3N3. The Labute approximate surface area is 157 Å². The Kier molecular flexibility index (Phi) is 5.08. The fourth-order valence-electron chi connectivity index (χ4n) is 4.09. The maximum Gasteiger partial charge on any atom is 0.416 e. The van der Waals surface area contributed by atoms with E-state index < -0.39 is 11.7 Å². The summed E-state index contributed by atoms with van der Waals surface area (Å²) in [6.07, 6.45) is 4.88. The molecule has 2 aliphatic rings. The van der Waals surface area contributed by atoms with E-state index in [-0.39, 0.29) is 6.04 Å². The van der Waals surface area contributed by atoms with E-state index in [2.05, 4.69) is 21.3 Å². The van der Waals surface area contributed by atoms with Crippen LogP contribution < -0.4 is 10.2 Å². The molecule has 0 unspecified atom stereocenters. The van der Waals surface area contributed by atoms with Crippen LogP contribution in [0.2, 0.25) is 0 Å². The maximum absolute atomic E-state index is 13.0. The zero-order valence-corrected chi connectivity index (χ0v) is 15.2. The van der Waals surface area contributed by atoms with Crippen LogP contribution in [0, 0.1) is 0 Å². The van der Waals surface area contributed by atoms with Crippen LogP contribution in [0.3, 0.4) is 0 Å². The number of nitrogens with one attached hydrogen (secondary N) is 1. The summed E-state index contributed by atoms with van der Waals surface area (Å²) in [5.41, 5.74) is 2.52. The maximum atomic E-state index is 13.0. The second kappa shape index (κ2) is 7.50. The summed E-state index contributed by atoms with van der Waals surface area (Å²) in [6, 6.07) is 7.90. The molecule has 1 aromatic heterocycles. The van der Waals surface area contributed by atoms with E-state index in [4.69, 9.17) is 0 Å². The third kappa shape index (κ3) is 3.81. The van der Waals surface area contributed by atoms with Gasteiger partial charge in [-0.15, -0.1) is 0 Å². The number of hydrogen-bond acceptors (Lipinski definition) is 3. The summed E-state index contributed by atoms with van der Waals surface area (Å²) in [5.74, 6) is 0.529. The summed E-state index contributed by atoms with van der Waals surface area (Å²) in [4.78, 5) is 6.57. The largest absolute Gasteiger partial charge is 0.416 e. The molecule has 1 saturated heterocycles. The number of anilines is 2. The molecule has 2 fully saturated rings.